The molecule has 0 bridgehead atoms. The van der Waals surface area contributed by atoms with Crippen LogP contribution in [0.15, 0.2) is 48.5 Å². The molecule has 0 spiro atoms. The lowest BCUT2D eigenvalue weighted by Crippen LogP contribution is -2.43. The molecule has 4 atom stereocenters. The van der Waals surface area contributed by atoms with Gasteiger partial charge in [-0.1, -0.05) is 12.1 Å². The van der Waals surface area contributed by atoms with Gasteiger partial charge >= 0.3 is 11.9 Å². The normalized spacial score (nSPS) is 21.8. The lowest BCUT2D eigenvalue weighted by molar-refractivity contribution is -0.141. The molecule has 212 valence electrons. The minimum Gasteiger partial charge on any atom is -0.502 e. The van der Waals surface area contributed by atoms with E-state index in [9.17, 15) is 19.5 Å². The molecule has 11 nitrogen and oxygen atoms in total. The van der Waals surface area contributed by atoms with Crippen LogP contribution >= 0.6 is 0 Å². The number of para-hydroxylation sites is 1. The van der Waals surface area contributed by atoms with E-state index in [1.54, 1.807) is 30.3 Å². The van der Waals surface area contributed by atoms with E-state index >= 15 is 0 Å². The summed E-state index contributed by atoms with van der Waals surface area (Å²) in [5.41, 5.74) is 2.24. The third kappa shape index (κ3) is 4.43. The van der Waals surface area contributed by atoms with Gasteiger partial charge in [-0.25, -0.2) is 0 Å². The van der Waals surface area contributed by atoms with E-state index in [4.69, 9.17) is 28.4 Å². The smallest absolute Gasteiger partial charge is 0.310 e. The largest absolute Gasteiger partial charge is 0.502 e. The van der Waals surface area contributed by atoms with Crippen molar-refractivity contribution in [1.29, 1.82) is 0 Å². The maximum absolute atomic E-state index is 13.6. The zero-order valence-electron chi connectivity index (χ0n) is 22.5. The molecule has 1 aliphatic carbocycles. The van der Waals surface area contributed by atoms with Crippen molar-refractivity contribution in [3.8, 4) is 34.5 Å². The van der Waals surface area contributed by atoms with Crippen LogP contribution in [0, 0.1) is 11.8 Å². The van der Waals surface area contributed by atoms with Crippen molar-refractivity contribution in [2.24, 2.45) is 11.8 Å². The Morgan fingerprint density at radius 1 is 0.927 bits per heavy atom. The number of hydrogen-bond donors (Lipinski definition) is 2. The van der Waals surface area contributed by atoms with Gasteiger partial charge in [-0.15, -0.1) is 0 Å². The number of rotatable bonds is 6. The number of phenolic OH excluding ortho intramolecular Hbond substituents is 1. The minimum absolute atomic E-state index is 0.0332. The van der Waals surface area contributed by atoms with Gasteiger partial charge in [0.1, 0.15) is 5.75 Å². The average Bonchev–Trinajstić information content (AvgIpc) is 3.58. The van der Waals surface area contributed by atoms with E-state index in [2.05, 4.69) is 5.32 Å². The van der Waals surface area contributed by atoms with E-state index in [-0.39, 0.29) is 42.0 Å². The van der Waals surface area contributed by atoms with E-state index < -0.39 is 41.6 Å². The van der Waals surface area contributed by atoms with Gasteiger partial charge in [-0.05, 0) is 53.1 Å². The quantitative estimate of drug-likeness (QED) is 0.340. The molecule has 0 radical (unpaired) electrons. The van der Waals surface area contributed by atoms with Crippen molar-refractivity contribution in [3.05, 3.63) is 70.8 Å². The van der Waals surface area contributed by atoms with Crippen LogP contribution in [0.3, 0.4) is 0 Å². The van der Waals surface area contributed by atoms with Crippen molar-refractivity contribution in [1.82, 2.24) is 5.32 Å². The summed E-state index contributed by atoms with van der Waals surface area (Å²) in [6.07, 6.45) is 0. The fourth-order valence-electron chi connectivity index (χ4n) is 5.96. The van der Waals surface area contributed by atoms with Crippen LogP contribution in [0.4, 0.5) is 0 Å². The van der Waals surface area contributed by atoms with Crippen LogP contribution in [0.25, 0.3) is 0 Å². The maximum atomic E-state index is 13.6. The lowest BCUT2D eigenvalue weighted by Gasteiger charge is -2.39. The molecule has 1 unspecified atom stereocenters. The summed E-state index contributed by atoms with van der Waals surface area (Å²) in [6.45, 7) is 1.36. The SMILES string of the molecule is COc1cc(C2c3cc4c(cc3[C@@H](NC(=O)c3ccccc3OC(C)=O)[C@H]3COC(=O)[C@H]23)OCO4)cc(OC)c1O. The highest BCUT2D eigenvalue weighted by molar-refractivity contribution is 5.98. The Hall–Kier alpha value is -4.93. The van der Waals surface area contributed by atoms with Gasteiger partial charge in [0.2, 0.25) is 12.5 Å². The molecule has 3 aliphatic rings. The number of aromatic hydroxyl groups is 1. The van der Waals surface area contributed by atoms with Gasteiger partial charge < -0.3 is 38.8 Å². The van der Waals surface area contributed by atoms with E-state index in [1.807, 2.05) is 12.1 Å². The molecular weight excluding hydrogens is 534 g/mol. The maximum Gasteiger partial charge on any atom is 0.310 e. The molecule has 41 heavy (non-hydrogen) atoms. The number of nitrogens with one attached hydrogen (secondary N) is 1. The predicted molar refractivity (Wildman–Crippen MR) is 142 cm³/mol. The summed E-state index contributed by atoms with van der Waals surface area (Å²) >= 11 is 0. The molecule has 2 N–H and O–H groups in total. The number of carbonyl (C=O) groups excluding carboxylic acids is 3. The summed E-state index contributed by atoms with van der Waals surface area (Å²) < 4.78 is 33.0. The molecule has 2 heterocycles. The van der Waals surface area contributed by atoms with Crippen LogP contribution in [-0.4, -0.2) is 50.6 Å². The number of phenols is 1. The van der Waals surface area contributed by atoms with Crippen LogP contribution in [-0.2, 0) is 14.3 Å². The Balaban J connectivity index is 1.49. The second kappa shape index (κ2) is 10.2. The first kappa shape index (κ1) is 26.3. The summed E-state index contributed by atoms with van der Waals surface area (Å²) in [5.74, 6) is -1.85. The summed E-state index contributed by atoms with van der Waals surface area (Å²) in [5, 5.41) is 13.6. The van der Waals surface area contributed by atoms with Gasteiger partial charge in [0.25, 0.3) is 5.91 Å². The summed E-state index contributed by atoms with van der Waals surface area (Å²) in [6, 6.07) is 12.7. The Morgan fingerprint density at radius 2 is 1.59 bits per heavy atom. The molecule has 0 saturated carbocycles. The second-order valence-corrected chi connectivity index (χ2v) is 9.95. The number of benzene rings is 3. The summed E-state index contributed by atoms with van der Waals surface area (Å²) in [4.78, 5) is 38.6. The first-order chi connectivity index (χ1) is 19.8. The highest BCUT2D eigenvalue weighted by Gasteiger charge is 2.53. The lowest BCUT2D eigenvalue weighted by atomic mass is 9.65. The van der Waals surface area contributed by atoms with Crippen LogP contribution < -0.4 is 29.0 Å². The third-order valence-electron chi connectivity index (χ3n) is 7.72. The van der Waals surface area contributed by atoms with Gasteiger partial charge in [0, 0.05) is 18.8 Å². The fraction of sp³-hybridized carbons (Fsp3) is 0.300. The number of esters is 2. The van der Waals surface area contributed by atoms with E-state index in [0.29, 0.717) is 28.2 Å². The number of cyclic esters (lactones) is 1. The monoisotopic (exact) mass is 561 g/mol. The average molecular weight is 562 g/mol. The van der Waals surface area contributed by atoms with Gasteiger partial charge in [-0.3, -0.25) is 14.4 Å². The molecule has 3 aromatic carbocycles. The van der Waals surface area contributed by atoms with Crippen LogP contribution in [0.1, 0.15) is 45.9 Å². The molecule has 3 aromatic rings. The van der Waals surface area contributed by atoms with Crippen molar-refractivity contribution in [2.75, 3.05) is 27.6 Å². The zero-order chi connectivity index (χ0) is 28.8. The molecule has 1 amide bonds. The van der Waals surface area contributed by atoms with Crippen molar-refractivity contribution < 1.29 is 47.9 Å². The number of methoxy groups -OCH3 is 2. The number of ether oxygens (including phenoxy) is 6. The molecule has 1 fully saturated rings. The van der Waals surface area contributed by atoms with Crippen molar-refractivity contribution in [2.45, 2.75) is 18.9 Å². The predicted octanol–water partition coefficient (Wildman–Crippen LogP) is 3.47. The Kier molecular flexibility index (Phi) is 6.56. The van der Waals surface area contributed by atoms with Crippen LogP contribution in [0.5, 0.6) is 34.5 Å². The number of fused-ring (bicyclic) bond motifs is 3. The summed E-state index contributed by atoms with van der Waals surface area (Å²) in [7, 11) is 2.86. The molecule has 2 aliphatic heterocycles. The van der Waals surface area contributed by atoms with E-state index in [1.165, 1.54) is 27.2 Å². The molecule has 6 rings (SSSR count). The standard InChI is InChI=1S/C30H27NO10/c1-14(32)41-20-7-5-4-6-16(20)29(34)31-27-18-11-22-21(39-13-40-22)10-17(18)25(26-19(27)12-38-30(26)35)15-8-23(36-2)28(33)24(9-15)37-3/h4-11,19,25-27,33H,12-13H2,1-3H3,(H,31,34)/t19-,25?,26-,27+/m0/s1. The number of amides is 1. The van der Waals surface area contributed by atoms with Crippen LogP contribution in [0.2, 0.25) is 0 Å². The molecule has 1 saturated heterocycles. The fourth-order valence-corrected chi connectivity index (χ4v) is 5.96. The highest BCUT2D eigenvalue weighted by Crippen LogP contribution is 2.55. The molecule has 11 heteroatoms. The van der Waals surface area contributed by atoms with Gasteiger partial charge in [0.05, 0.1) is 38.3 Å². The topological polar surface area (TPSA) is 139 Å². The molecule has 0 aromatic heterocycles. The Morgan fingerprint density at radius 3 is 2.24 bits per heavy atom. The Bertz CT molecular complexity index is 1540. The molecular formula is C30H27NO10. The minimum atomic E-state index is -0.698. The highest BCUT2D eigenvalue weighted by atomic mass is 16.7. The van der Waals surface area contributed by atoms with E-state index in [0.717, 1.165) is 0 Å². The van der Waals surface area contributed by atoms with Crippen molar-refractivity contribution in [3.63, 3.8) is 0 Å². The second-order valence-electron chi connectivity index (χ2n) is 9.95. The Labute approximate surface area is 234 Å². The van der Waals surface area contributed by atoms with Crippen molar-refractivity contribution >= 4 is 17.8 Å². The zero-order valence-corrected chi connectivity index (χ0v) is 22.5. The first-order valence-electron chi connectivity index (χ1n) is 12.9. The first-order valence-corrected chi connectivity index (χ1v) is 12.9. The number of carbonyl (C=O) groups is 3. The van der Waals surface area contributed by atoms with Gasteiger partial charge in [-0.2, -0.15) is 0 Å². The number of hydrogen-bond acceptors (Lipinski definition) is 10. The van der Waals surface area contributed by atoms with Gasteiger partial charge in [0.15, 0.2) is 23.0 Å². The third-order valence-corrected chi connectivity index (χ3v) is 7.72.